The van der Waals surface area contributed by atoms with E-state index in [1.165, 1.54) is 0 Å². The van der Waals surface area contributed by atoms with Crippen LogP contribution in [0, 0.1) is 11.8 Å². The van der Waals surface area contributed by atoms with Gasteiger partial charge in [-0.3, -0.25) is 9.13 Å². The van der Waals surface area contributed by atoms with E-state index in [4.69, 9.17) is 14.7 Å². The van der Waals surface area contributed by atoms with Crippen LogP contribution in [0.1, 0.15) is 39.5 Å². The summed E-state index contributed by atoms with van der Waals surface area (Å²) in [5, 5.41) is 0. The smallest absolute Gasteiger partial charge is 0.325 e. The van der Waals surface area contributed by atoms with Crippen molar-refractivity contribution in [2.45, 2.75) is 39.5 Å². The molecule has 0 aromatic carbocycles. The fourth-order valence-electron chi connectivity index (χ4n) is 3.95. The van der Waals surface area contributed by atoms with Gasteiger partial charge in [0.1, 0.15) is 0 Å². The Morgan fingerprint density at radius 1 is 1.09 bits per heavy atom. The van der Waals surface area contributed by atoms with Gasteiger partial charge >= 0.3 is 7.60 Å². The van der Waals surface area contributed by atoms with Gasteiger partial charge in [-0.2, -0.15) is 0 Å². The molecule has 1 fully saturated rings. The molecule has 6 nitrogen and oxygen atoms in total. The molecular weight excluding hydrogens is 324 g/mol. The van der Waals surface area contributed by atoms with Crippen LogP contribution >= 0.6 is 15.6 Å². The molecule has 0 amide bonds. The Hall–Kier alpha value is 0.300. The summed E-state index contributed by atoms with van der Waals surface area (Å²) in [4.78, 5) is 27.1. The predicted octanol–water partition coefficient (Wildman–Crippen LogP) is 2.29. The first-order valence-corrected chi connectivity index (χ1v) is 11.7. The third kappa shape index (κ3) is 6.82. The van der Waals surface area contributed by atoms with Crippen molar-refractivity contribution in [1.29, 1.82) is 0 Å². The van der Waals surface area contributed by atoms with Crippen LogP contribution in [0.15, 0.2) is 0 Å². The summed E-state index contributed by atoms with van der Waals surface area (Å²) in [5.41, 5.74) is 0. The van der Waals surface area contributed by atoms with Crippen molar-refractivity contribution in [3.05, 3.63) is 0 Å². The fourth-order valence-corrected chi connectivity index (χ4v) is 4.96. The molecule has 1 aliphatic rings. The molecule has 1 aliphatic heterocycles. The molecule has 8 heteroatoms. The zero-order valence-corrected chi connectivity index (χ0v) is 15.7. The van der Waals surface area contributed by atoms with Gasteiger partial charge in [0, 0.05) is 30.8 Å². The standard InChI is InChI=1S/C14H31NO5P2/c1-3-13-11-15(12-14(13)4-2,7-5-9-21(16)17)8-6-10-22(18,19)20/h13-14,21H,3-12H2,1-2H3,(H2-,16,17,18,19,20)/p+1. The summed E-state index contributed by atoms with van der Waals surface area (Å²) in [6, 6.07) is 0. The van der Waals surface area contributed by atoms with Gasteiger partial charge in [0.05, 0.1) is 32.3 Å². The Balaban J connectivity index is 2.68. The molecule has 3 N–H and O–H groups in total. The van der Waals surface area contributed by atoms with Gasteiger partial charge in [-0.05, 0) is 12.8 Å². The van der Waals surface area contributed by atoms with Crippen LogP contribution in [0.25, 0.3) is 0 Å². The highest BCUT2D eigenvalue weighted by molar-refractivity contribution is 7.51. The number of hydrogen-bond acceptors (Lipinski definition) is 2. The molecule has 0 radical (unpaired) electrons. The van der Waals surface area contributed by atoms with Crippen molar-refractivity contribution in [2.75, 3.05) is 38.5 Å². The normalized spacial score (nSPS) is 30.6. The van der Waals surface area contributed by atoms with E-state index in [-0.39, 0.29) is 6.16 Å². The highest BCUT2D eigenvalue weighted by Gasteiger charge is 2.42. The van der Waals surface area contributed by atoms with Gasteiger partial charge < -0.3 is 19.2 Å². The highest BCUT2D eigenvalue weighted by atomic mass is 31.2. The summed E-state index contributed by atoms with van der Waals surface area (Å²) >= 11 is 0. The van der Waals surface area contributed by atoms with Gasteiger partial charge in [0.15, 0.2) is 8.03 Å². The number of likely N-dealkylation sites (tertiary alicyclic amines) is 1. The summed E-state index contributed by atoms with van der Waals surface area (Å²) in [7, 11) is -6.35. The van der Waals surface area contributed by atoms with Crippen LogP contribution in [-0.2, 0) is 9.13 Å². The first-order valence-electron chi connectivity index (χ1n) is 8.33. The Labute approximate surface area is 134 Å². The van der Waals surface area contributed by atoms with Crippen LogP contribution in [-0.4, -0.2) is 57.7 Å². The Kier molecular flexibility index (Phi) is 8.29. The molecule has 0 aromatic heterocycles. The third-order valence-corrected chi connectivity index (χ3v) is 6.74. The molecule has 0 saturated carbocycles. The molecule has 3 atom stereocenters. The molecular formula is C14H32NO5P2+. The molecule has 1 saturated heterocycles. The largest absolute Gasteiger partial charge is 0.346 e. The van der Waals surface area contributed by atoms with Gasteiger partial charge in [-0.15, -0.1) is 0 Å². The van der Waals surface area contributed by atoms with Crippen molar-refractivity contribution < 1.29 is 28.3 Å². The van der Waals surface area contributed by atoms with E-state index < -0.39 is 15.6 Å². The maximum Gasteiger partial charge on any atom is 0.325 e. The van der Waals surface area contributed by atoms with E-state index in [2.05, 4.69) is 13.8 Å². The average Bonchev–Trinajstić information content (AvgIpc) is 2.75. The minimum Gasteiger partial charge on any atom is -0.346 e. The zero-order chi connectivity index (χ0) is 16.8. The minimum atomic E-state index is -3.93. The van der Waals surface area contributed by atoms with Crippen LogP contribution in [0.5, 0.6) is 0 Å². The van der Waals surface area contributed by atoms with Crippen LogP contribution in [0.3, 0.4) is 0 Å². The molecule has 1 rings (SSSR count). The lowest BCUT2D eigenvalue weighted by atomic mass is 9.92. The van der Waals surface area contributed by atoms with E-state index >= 15 is 0 Å². The molecule has 0 aliphatic carbocycles. The molecule has 1 heterocycles. The van der Waals surface area contributed by atoms with E-state index in [1.807, 2.05) is 0 Å². The molecule has 22 heavy (non-hydrogen) atoms. The third-order valence-electron chi connectivity index (χ3n) is 5.06. The maximum absolute atomic E-state index is 11.1. The Morgan fingerprint density at radius 3 is 2.00 bits per heavy atom. The molecule has 0 bridgehead atoms. The van der Waals surface area contributed by atoms with Gasteiger partial charge in [-0.1, -0.05) is 13.8 Å². The number of quaternary nitrogens is 1. The van der Waals surface area contributed by atoms with E-state index in [1.54, 1.807) is 0 Å². The highest BCUT2D eigenvalue weighted by Crippen LogP contribution is 2.38. The first-order chi connectivity index (χ1) is 10.2. The van der Waals surface area contributed by atoms with Crippen LogP contribution in [0.2, 0.25) is 0 Å². The SMILES string of the molecule is CCC1C[N+](CCC[PH](=O)O)(CCCP(=O)(O)O)CC1CC. The fraction of sp³-hybridized carbons (Fsp3) is 1.00. The van der Waals surface area contributed by atoms with Crippen molar-refractivity contribution >= 4 is 15.6 Å². The monoisotopic (exact) mass is 356 g/mol. The zero-order valence-electron chi connectivity index (χ0n) is 13.8. The van der Waals surface area contributed by atoms with Crippen LogP contribution in [0.4, 0.5) is 0 Å². The van der Waals surface area contributed by atoms with E-state index in [0.29, 0.717) is 24.4 Å². The van der Waals surface area contributed by atoms with Gasteiger partial charge in [-0.25, -0.2) is 0 Å². The van der Waals surface area contributed by atoms with Crippen molar-refractivity contribution in [3.8, 4) is 0 Å². The quantitative estimate of drug-likeness (QED) is 0.412. The minimum absolute atomic E-state index is 0.0584. The Morgan fingerprint density at radius 2 is 1.59 bits per heavy atom. The lowest BCUT2D eigenvalue weighted by Gasteiger charge is -2.35. The number of hydrogen-bond donors (Lipinski definition) is 3. The second kappa shape index (κ2) is 8.96. The number of nitrogens with zero attached hydrogens (tertiary/aromatic N) is 1. The summed E-state index contributed by atoms with van der Waals surface area (Å²) in [6.07, 6.45) is 3.80. The lowest BCUT2D eigenvalue weighted by Crippen LogP contribution is -2.48. The van der Waals surface area contributed by atoms with E-state index in [0.717, 1.165) is 49.9 Å². The Bertz CT molecular complexity index is 400. The summed E-state index contributed by atoms with van der Waals surface area (Å²) < 4.78 is 22.9. The molecule has 3 unspecified atom stereocenters. The molecule has 132 valence electrons. The molecule has 0 spiro atoms. The van der Waals surface area contributed by atoms with Gasteiger partial charge in [0.25, 0.3) is 0 Å². The van der Waals surface area contributed by atoms with Gasteiger partial charge in [0.2, 0.25) is 0 Å². The number of rotatable bonds is 10. The van der Waals surface area contributed by atoms with Crippen molar-refractivity contribution in [2.24, 2.45) is 11.8 Å². The molecule has 0 aromatic rings. The van der Waals surface area contributed by atoms with E-state index in [9.17, 15) is 9.13 Å². The van der Waals surface area contributed by atoms with Crippen molar-refractivity contribution in [3.63, 3.8) is 0 Å². The summed E-state index contributed by atoms with van der Waals surface area (Å²) in [6.45, 7) is 8.12. The topological polar surface area (TPSA) is 94.8 Å². The van der Waals surface area contributed by atoms with Crippen LogP contribution < -0.4 is 0 Å². The maximum atomic E-state index is 11.1. The second-order valence-electron chi connectivity index (χ2n) is 6.73. The average molecular weight is 356 g/mol. The summed E-state index contributed by atoms with van der Waals surface area (Å²) in [5.74, 6) is 1.32. The first kappa shape index (κ1) is 20.3. The predicted molar refractivity (Wildman–Crippen MR) is 89.5 cm³/mol. The lowest BCUT2D eigenvalue weighted by molar-refractivity contribution is -0.919. The van der Waals surface area contributed by atoms with Crippen molar-refractivity contribution in [1.82, 2.24) is 0 Å². The second-order valence-corrected chi connectivity index (χ2v) is 9.79.